The van der Waals surface area contributed by atoms with E-state index in [1.54, 1.807) is 0 Å². The minimum Gasteiger partial charge on any atom is -0.393 e. The van der Waals surface area contributed by atoms with Crippen LogP contribution in [-0.4, -0.2) is 22.4 Å². The summed E-state index contributed by atoms with van der Waals surface area (Å²) in [7, 11) is 0. The normalized spacial score (nSPS) is 55.3. The summed E-state index contributed by atoms with van der Waals surface area (Å²) >= 11 is 0. The van der Waals surface area contributed by atoms with Crippen LogP contribution < -0.4 is 0 Å². The molecular weight excluding hydrogens is 308 g/mol. The average molecular weight is 349 g/mol. The summed E-state index contributed by atoms with van der Waals surface area (Å²) in [4.78, 5) is 0. The minimum atomic E-state index is -0.182. The van der Waals surface area contributed by atoms with Gasteiger partial charge in [0.25, 0.3) is 0 Å². The van der Waals surface area contributed by atoms with Gasteiger partial charge in [0, 0.05) is 0 Å². The van der Waals surface area contributed by atoms with Crippen LogP contribution in [0.5, 0.6) is 0 Å². The van der Waals surface area contributed by atoms with Crippen LogP contribution in [0, 0.1) is 40.4 Å². The quantitative estimate of drug-likeness (QED) is 0.739. The van der Waals surface area contributed by atoms with E-state index in [-0.39, 0.29) is 17.6 Å². The molecule has 2 heteroatoms. The van der Waals surface area contributed by atoms with Crippen LogP contribution >= 0.6 is 0 Å². The third-order valence-corrected chi connectivity index (χ3v) is 9.75. The summed E-state index contributed by atoms with van der Waals surface area (Å²) in [5, 5.41) is 21.2. The molecule has 0 aliphatic heterocycles. The van der Waals surface area contributed by atoms with E-state index in [0.717, 1.165) is 49.4 Å². The predicted octanol–water partition coefficient (Wildman–Crippen LogP) is 5.17. The Balaban J connectivity index is 1.58. The molecular formula is C23H40O2. The fourth-order valence-corrected chi connectivity index (χ4v) is 8.31. The lowest BCUT2D eigenvalue weighted by molar-refractivity contribution is -0.171. The van der Waals surface area contributed by atoms with Gasteiger partial charge in [-0.1, -0.05) is 33.6 Å². The standard InChI is InChI=1S/C23H40O2/c1-4-5-6-15-7-8-18-17-14-21(25)20-13-16(24)9-11-23(20,3)19(17)10-12-22(15,18)2/h15-21,24-25H,4-14H2,1-3H3/t15-,16+,17?,18?,19?,20-,21-,22+,23+/m0/s1. The van der Waals surface area contributed by atoms with E-state index in [0.29, 0.717) is 11.3 Å². The Hall–Kier alpha value is -0.0800. The van der Waals surface area contributed by atoms with Crippen LogP contribution in [0.4, 0.5) is 0 Å². The van der Waals surface area contributed by atoms with Crippen molar-refractivity contribution < 1.29 is 10.2 Å². The van der Waals surface area contributed by atoms with Crippen LogP contribution in [-0.2, 0) is 0 Å². The van der Waals surface area contributed by atoms with Gasteiger partial charge in [0.15, 0.2) is 0 Å². The van der Waals surface area contributed by atoms with E-state index in [1.807, 2.05) is 0 Å². The van der Waals surface area contributed by atoms with Crippen molar-refractivity contribution in [1.29, 1.82) is 0 Å². The van der Waals surface area contributed by atoms with Gasteiger partial charge in [0.2, 0.25) is 0 Å². The molecule has 4 rings (SSSR count). The van der Waals surface area contributed by atoms with Crippen molar-refractivity contribution in [3.63, 3.8) is 0 Å². The van der Waals surface area contributed by atoms with Crippen molar-refractivity contribution in [3.8, 4) is 0 Å². The predicted molar refractivity (Wildman–Crippen MR) is 102 cm³/mol. The zero-order chi connectivity index (χ0) is 17.8. The Labute approximate surface area is 154 Å². The second-order valence-electron chi connectivity index (χ2n) is 10.7. The lowest BCUT2D eigenvalue weighted by Crippen LogP contribution is -2.58. The molecule has 9 atom stereocenters. The monoisotopic (exact) mass is 348 g/mol. The fourth-order valence-electron chi connectivity index (χ4n) is 8.31. The number of hydrogen-bond donors (Lipinski definition) is 2. The molecule has 144 valence electrons. The fraction of sp³-hybridized carbons (Fsp3) is 1.00. The van der Waals surface area contributed by atoms with E-state index in [4.69, 9.17) is 0 Å². The molecule has 0 saturated heterocycles. The molecule has 0 amide bonds. The van der Waals surface area contributed by atoms with Gasteiger partial charge in [-0.15, -0.1) is 0 Å². The van der Waals surface area contributed by atoms with E-state index >= 15 is 0 Å². The summed E-state index contributed by atoms with van der Waals surface area (Å²) in [5.74, 6) is 3.62. The van der Waals surface area contributed by atoms with E-state index in [2.05, 4.69) is 20.8 Å². The van der Waals surface area contributed by atoms with Crippen molar-refractivity contribution >= 4 is 0 Å². The van der Waals surface area contributed by atoms with Crippen molar-refractivity contribution in [2.45, 2.75) is 104 Å². The molecule has 0 aromatic heterocycles. The molecule has 3 unspecified atom stereocenters. The third-order valence-electron chi connectivity index (χ3n) is 9.75. The summed E-state index contributed by atoms with van der Waals surface area (Å²) < 4.78 is 0. The number of fused-ring (bicyclic) bond motifs is 5. The van der Waals surface area contributed by atoms with Crippen LogP contribution in [0.2, 0.25) is 0 Å². The Kier molecular flexibility index (Phi) is 4.77. The molecule has 0 spiro atoms. The maximum atomic E-state index is 11.0. The summed E-state index contributed by atoms with van der Waals surface area (Å²) in [6.07, 6.45) is 13.3. The van der Waals surface area contributed by atoms with Gasteiger partial charge in [-0.2, -0.15) is 0 Å². The van der Waals surface area contributed by atoms with Crippen LogP contribution in [0.25, 0.3) is 0 Å². The molecule has 2 N–H and O–H groups in total. The number of aliphatic hydroxyl groups is 2. The molecule has 4 aliphatic rings. The number of unbranched alkanes of at least 4 members (excludes halogenated alkanes) is 1. The topological polar surface area (TPSA) is 40.5 Å². The maximum Gasteiger partial charge on any atom is 0.0577 e. The van der Waals surface area contributed by atoms with Crippen LogP contribution in [0.3, 0.4) is 0 Å². The Morgan fingerprint density at radius 1 is 0.840 bits per heavy atom. The van der Waals surface area contributed by atoms with E-state index < -0.39 is 0 Å². The zero-order valence-electron chi connectivity index (χ0n) is 16.7. The van der Waals surface area contributed by atoms with E-state index in [1.165, 1.54) is 44.9 Å². The van der Waals surface area contributed by atoms with Gasteiger partial charge in [-0.3, -0.25) is 0 Å². The average Bonchev–Trinajstić information content (AvgIpc) is 2.91. The number of aliphatic hydroxyl groups excluding tert-OH is 2. The van der Waals surface area contributed by atoms with Gasteiger partial charge < -0.3 is 10.2 Å². The van der Waals surface area contributed by atoms with Crippen LogP contribution in [0.1, 0.15) is 91.4 Å². The summed E-state index contributed by atoms with van der Waals surface area (Å²) in [6.45, 7) is 7.39. The van der Waals surface area contributed by atoms with Gasteiger partial charge >= 0.3 is 0 Å². The van der Waals surface area contributed by atoms with Crippen LogP contribution in [0.15, 0.2) is 0 Å². The number of rotatable bonds is 3. The third kappa shape index (κ3) is 2.73. The zero-order valence-corrected chi connectivity index (χ0v) is 16.7. The molecule has 0 radical (unpaired) electrons. The largest absolute Gasteiger partial charge is 0.393 e. The molecule has 0 heterocycles. The van der Waals surface area contributed by atoms with E-state index in [9.17, 15) is 10.2 Å². The molecule has 4 fully saturated rings. The van der Waals surface area contributed by atoms with Gasteiger partial charge in [-0.05, 0) is 98.2 Å². The molecule has 0 aromatic rings. The molecule has 0 bridgehead atoms. The lowest BCUT2D eigenvalue weighted by Gasteiger charge is -2.62. The molecule has 4 aliphatic carbocycles. The highest BCUT2D eigenvalue weighted by Gasteiger charge is 2.61. The maximum absolute atomic E-state index is 11.0. The minimum absolute atomic E-state index is 0.178. The highest BCUT2D eigenvalue weighted by molar-refractivity contribution is 5.10. The smallest absolute Gasteiger partial charge is 0.0577 e. The second-order valence-corrected chi connectivity index (χ2v) is 10.7. The highest BCUT2D eigenvalue weighted by atomic mass is 16.3. The Morgan fingerprint density at radius 2 is 1.56 bits per heavy atom. The SMILES string of the molecule is CCCC[C@H]1CCC2C3C[C@H](O)[C@@H]4C[C@H](O)CC[C@]4(C)C3CC[C@@]21C. The Morgan fingerprint density at radius 3 is 2.32 bits per heavy atom. The van der Waals surface area contributed by atoms with Crippen molar-refractivity contribution in [1.82, 2.24) is 0 Å². The van der Waals surface area contributed by atoms with Gasteiger partial charge in [0.05, 0.1) is 12.2 Å². The summed E-state index contributed by atoms with van der Waals surface area (Å²) in [6, 6.07) is 0. The van der Waals surface area contributed by atoms with Crippen molar-refractivity contribution in [2.24, 2.45) is 40.4 Å². The summed E-state index contributed by atoms with van der Waals surface area (Å²) in [5.41, 5.74) is 0.803. The first-order valence-electron chi connectivity index (χ1n) is 11.3. The Bertz CT molecular complexity index is 490. The number of hydrogen-bond acceptors (Lipinski definition) is 2. The van der Waals surface area contributed by atoms with Gasteiger partial charge in [-0.25, -0.2) is 0 Å². The first-order valence-corrected chi connectivity index (χ1v) is 11.3. The molecule has 0 aromatic carbocycles. The molecule has 25 heavy (non-hydrogen) atoms. The van der Waals surface area contributed by atoms with Crippen molar-refractivity contribution in [2.75, 3.05) is 0 Å². The molecule has 4 saturated carbocycles. The van der Waals surface area contributed by atoms with Crippen molar-refractivity contribution in [3.05, 3.63) is 0 Å². The first kappa shape index (κ1) is 18.3. The lowest BCUT2D eigenvalue weighted by atomic mass is 9.44. The highest BCUT2D eigenvalue weighted by Crippen LogP contribution is 2.67. The second kappa shape index (κ2) is 6.51. The molecule has 2 nitrogen and oxygen atoms in total. The van der Waals surface area contributed by atoms with Gasteiger partial charge in [0.1, 0.15) is 0 Å². The first-order chi connectivity index (χ1) is 11.9.